The van der Waals surface area contributed by atoms with E-state index in [9.17, 15) is 0 Å². The molecule has 0 bridgehead atoms. The van der Waals surface area contributed by atoms with E-state index < -0.39 is 0 Å². The number of nitrogens with zero attached hydrogens (tertiary/aromatic N) is 4. The van der Waals surface area contributed by atoms with Crippen molar-refractivity contribution in [1.29, 1.82) is 0 Å². The van der Waals surface area contributed by atoms with Crippen molar-refractivity contribution in [1.82, 2.24) is 19.9 Å². The van der Waals surface area contributed by atoms with E-state index in [0.29, 0.717) is 19.6 Å². The van der Waals surface area contributed by atoms with Crippen LogP contribution < -0.4 is 0 Å². The van der Waals surface area contributed by atoms with Crippen LogP contribution in [0.15, 0.2) is 146 Å². The van der Waals surface area contributed by atoms with Gasteiger partial charge < -0.3 is 0 Å². The van der Waals surface area contributed by atoms with Gasteiger partial charge in [0.05, 0.1) is 34.2 Å². The van der Waals surface area contributed by atoms with Crippen LogP contribution in [-0.4, -0.2) is 19.9 Å². The first-order chi connectivity index (χ1) is 19.8. The molecule has 0 saturated heterocycles. The van der Waals surface area contributed by atoms with Crippen molar-refractivity contribution < 1.29 is 0 Å². The summed E-state index contributed by atoms with van der Waals surface area (Å²) in [6.45, 7) is 2.03. The van der Waals surface area contributed by atoms with E-state index in [4.69, 9.17) is 15.0 Å². The quantitative estimate of drug-likeness (QED) is 0.194. The highest BCUT2D eigenvalue weighted by Gasteiger charge is 2.13. The van der Waals surface area contributed by atoms with Gasteiger partial charge in [0.1, 0.15) is 0 Å². The second-order valence-electron chi connectivity index (χ2n) is 9.79. The van der Waals surface area contributed by atoms with E-state index in [2.05, 4.69) is 95.9 Å². The molecule has 4 heteroatoms. The van der Waals surface area contributed by atoms with Crippen molar-refractivity contribution >= 4 is 0 Å². The van der Waals surface area contributed by atoms with Crippen molar-refractivity contribution in [3.05, 3.63) is 163 Å². The second-order valence-corrected chi connectivity index (χ2v) is 9.79. The number of rotatable bonds is 9. The van der Waals surface area contributed by atoms with Crippen LogP contribution in [0.3, 0.4) is 0 Å². The zero-order valence-corrected chi connectivity index (χ0v) is 22.3. The maximum Gasteiger partial charge on any atom is 0.0705 e. The molecule has 6 rings (SSSR count). The van der Waals surface area contributed by atoms with Gasteiger partial charge >= 0.3 is 0 Å². The fourth-order valence-electron chi connectivity index (χ4n) is 4.87. The molecule has 0 aliphatic rings. The monoisotopic (exact) mass is 518 g/mol. The van der Waals surface area contributed by atoms with Crippen LogP contribution in [0.4, 0.5) is 0 Å². The van der Waals surface area contributed by atoms with Crippen molar-refractivity contribution in [3.8, 4) is 33.8 Å². The molecule has 3 heterocycles. The predicted octanol–water partition coefficient (Wildman–Crippen LogP) is 8.08. The minimum absolute atomic E-state index is 0.676. The van der Waals surface area contributed by atoms with E-state index in [1.54, 1.807) is 0 Å². The minimum atomic E-state index is 0.676. The third-order valence-corrected chi connectivity index (χ3v) is 6.79. The van der Waals surface area contributed by atoms with Crippen molar-refractivity contribution in [2.24, 2.45) is 0 Å². The molecule has 3 aromatic heterocycles. The van der Waals surface area contributed by atoms with E-state index in [1.807, 2.05) is 54.6 Å². The summed E-state index contributed by atoms with van der Waals surface area (Å²) < 4.78 is 0. The Morgan fingerprint density at radius 3 is 0.925 bits per heavy atom. The molecule has 194 valence electrons. The molecule has 40 heavy (non-hydrogen) atoms. The van der Waals surface area contributed by atoms with Crippen LogP contribution in [0, 0.1) is 0 Å². The van der Waals surface area contributed by atoms with Crippen molar-refractivity contribution in [2.75, 3.05) is 0 Å². The third kappa shape index (κ3) is 6.37. The lowest BCUT2D eigenvalue weighted by atomic mass is 10.1. The number of hydrogen-bond donors (Lipinski definition) is 0. The molecule has 0 radical (unpaired) electrons. The summed E-state index contributed by atoms with van der Waals surface area (Å²) in [5, 5.41) is 0. The largest absolute Gasteiger partial charge is 0.286 e. The van der Waals surface area contributed by atoms with Crippen LogP contribution in [-0.2, 0) is 19.6 Å². The Balaban J connectivity index is 1.30. The average Bonchev–Trinajstić information content (AvgIpc) is 3.03. The Labute approximate surface area is 235 Å². The molecule has 0 spiro atoms. The molecule has 0 aliphatic heterocycles. The first-order valence-electron chi connectivity index (χ1n) is 13.6. The lowest BCUT2D eigenvalue weighted by Gasteiger charge is -2.22. The number of hydrogen-bond acceptors (Lipinski definition) is 4. The zero-order chi connectivity index (χ0) is 27.0. The van der Waals surface area contributed by atoms with Crippen LogP contribution in [0.25, 0.3) is 33.8 Å². The van der Waals surface area contributed by atoms with Crippen LogP contribution in [0.2, 0.25) is 0 Å². The summed E-state index contributed by atoms with van der Waals surface area (Å²) >= 11 is 0. The van der Waals surface area contributed by atoms with Gasteiger partial charge in [-0.2, -0.15) is 0 Å². The first kappa shape index (κ1) is 25.4. The molecule has 3 aromatic carbocycles. The van der Waals surface area contributed by atoms with Gasteiger partial charge in [-0.25, -0.2) is 0 Å². The molecule has 4 nitrogen and oxygen atoms in total. The first-order valence-corrected chi connectivity index (χ1v) is 13.6. The molecule has 6 aromatic rings. The van der Waals surface area contributed by atoms with Gasteiger partial charge in [-0.1, -0.05) is 109 Å². The molecule has 0 amide bonds. The molecular weight excluding hydrogens is 488 g/mol. The number of aromatic nitrogens is 3. The lowest BCUT2D eigenvalue weighted by Crippen LogP contribution is -2.24. The summed E-state index contributed by atoms with van der Waals surface area (Å²) in [6, 6.07) is 49.7. The van der Waals surface area contributed by atoms with Gasteiger partial charge in [0.25, 0.3) is 0 Å². The summed E-state index contributed by atoms with van der Waals surface area (Å²) in [5.41, 5.74) is 9.32. The molecule has 0 unspecified atom stereocenters. The normalized spacial score (nSPS) is 11.0. The molecule has 0 atom stereocenters. The summed E-state index contributed by atoms with van der Waals surface area (Å²) in [7, 11) is 0. The van der Waals surface area contributed by atoms with Crippen molar-refractivity contribution in [2.45, 2.75) is 19.6 Å². The Morgan fingerprint density at radius 1 is 0.325 bits per heavy atom. The van der Waals surface area contributed by atoms with Gasteiger partial charge in [0.15, 0.2) is 0 Å². The number of pyridine rings is 3. The summed E-state index contributed by atoms with van der Waals surface area (Å²) in [6.07, 6.45) is 0. The highest BCUT2D eigenvalue weighted by atomic mass is 15.1. The third-order valence-electron chi connectivity index (χ3n) is 6.79. The molecule has 0 saturated carbocycles. The SMILES string of the molecule is c1ccc(-c2cccc(CN(Cc3cccc(-c4ccccc4)n3)Cc3cccc(-c4ccccc4)n3)n2)cc1. The summed E-state index contributed by atoms with van der Waals surface area (Å²) in [5.74, 6) is 0. The Bertz CT molecular complexity index is 1470. The minimum Gasteiger partial charge on any atom is -0.286 e. The summed E-state index contributed by atoms with van der Waals surface area (Å²) in [4.78, 5) is 17.4. The maximum atomic E-state index is 5.01. The van der Waals surface area contributed by atoms with Crippen LogP contribution in [0.5, 0.6) is 0 Å². The molecule has 0 N–H and O–H groups in total. The van der Waals surface area contributed by atoms with E-state index in [0.717, 1.165) is 50.9 Å². The maximum absolute atomic E-state index is 5.01. The molecular formula is C36H30N4. The topological polar surface area (TPSA) is 41.9 Å². The Hall–Kier alpha value is -4.93. The van der Waals surface area contributed by atoms with Crippen LogP contribution >= 0.6 is 0 Å². The second kappa shape index (κ2) is 12.3. The zero-order valence-electron chi connectivity index (χ0n) is 22.3. The fourth-order valence-corrected chi connectivity index (χ4v) is 4.87. The average molecular weight is 519 g/mol. The number of benzene rings is 3. The van der Waals surface area contributed by atoms with E-state index in [-0.39, 0.29) is 0 Å². The lowest BCUT2D eigenvalue weighted by molar-refractivity contribution is 0.239. The van der Waals surface area contributed by atoms with Gasteiger partial charge in [0, 0.05) is 36.3 Å². The Morgan fingerprint density at radius 2 is 0.625 bits per heavy atom. The van der Waals surface area contributed by atoms with Gasteiger partial charge in [-0.3, -0.25) is 19.9 Å². The smallest absolute Gasteiger partial charge is 0.0705 e. The van der Waals surface area contributed by atoms with Gasteiger partial charge in [-0.05, 0) is 36.4 Å². The van der Waals surface area contributed by atoms with E-state index >= 15 is 0 Å². The predicted molar refractivity (Wildman–Crippen MR) is 162 cm³/mol. The highest BCUT2D eigenvalue weighted by Crippen LogP contribution is 2.22. The van der Waals surface area contributed by atoms with Crippen LogP contribution in [0.1, 0.15) is 17.1 Å². The molecule has 0 fully saturated rings. The fraction of sp³-hybridized carbons (Fsp3) is 0.0833. The van der Waals surface area contributed by atoms with E-state index in [1.165, 1.54) is 0 Å². The standard InChI is InChI=1S/C36H30N4/c1-4-13-28(14-5-1)34-22-10-19-31(37-34)25-40(26-32-20-11-23-35(38-32)29-15-6-2-7-16-29)27-33-21-12-24-36(39-33)30-17-8-3-9-18-30/h1-24H,25-27H2. The van der Waals surface area contributed by atoms with Gasteiger partial charge in [-0.15, -0.1) is 0 Å². The highest BCUT2D eigenvalue weighted by molar-refractivity contribution is 5.60. The van der Waals surface area contributed by atoms with Crippen molar-refractivity contribution in [3.63, 3.8) is 0 Å². The van der Waals surface area contributed by atoms with Gasteiger partial charge in [0.2, 0.25) is 0 Å². The molecule has 0 aliphatic carbocycles. The Kier molecular flexibility index (Phi) is 7.79.